The van der Waals surface area contributed by atoms with E-state index in [-0.39, 0.29) is 18.0 Å². The van der Waals surface area contributed by atoms with Crippen LogP contribution in [0.5, 0.6) is 5.75 Å². The maximum atomic E-state index is 11.7. The smallest absolute Gasteiger partial charge is 0.338 e. The molecule has 1 heterocycles. The van der Waals surface area contributed by atoms with Gasteiger partial charge in [0.1, 0.15) is 5.75 Å². The molecule has 1 saturated heterocycles. The number of phenols is 1. The summed E-state index contributed by atoms with van der Waals surface area (Å²) in [5.74, 6) is -0.606. The average molecular weight is 445 g/mol. The third-order valence-electron chi connectivity index (χ3n) is 4.61. The zero-order chi connectivity index (χ0) is 23.2. The second-order valence-corrected chi connectivity index (χ2v) is 7.11. The molecule has 0 radical (unpaired) electrons. The van der Waals surface area contributed by atoms with Gasteiger partial charge in [0.25, 0.3) is 0 Å². The van der Waals surface area contributed by atoms with Crippen LogP contribution in [0.25, 0.3) is 0 Å². The Morgan fingerprint density at radius 2 is 1.47 bits per heavy atom. The van der Waals surface area contributed by atoms with Gasteiger partial charge in [0, 0.05) is 19.6 Å². The van der Waals surface area contributed by atoms with Crippen LogP contribution in [0.2, 0.25) is 0 Å². The summed E-state index contributed by atoms with van der Waals surface area (Å²) >= 11 is 0. The Hall–Kier alpha value is -2.90. The van der Waals surface area contributed by atoms with Crippen LogP contribution in [-0.4, -0.2) is 49.8 Å². The van der Waals surface area contributed by atoms with Gasteiger partial charge < -0.3 is 24.1 Å². The first-order valence-corrected chi connectivity index (χ1v) is 11.0. The predicted molar refractivity (Wildman–Crippen MR) is 120 cm³/mol. The third kappa shape index (κ3) is 9.08. The summed E-state index contributed by atoms with van der Waals surface area (Å²) in [7, 11) is 0. The van der Waals surface area contributed by atoms with E-state index >= 15 is 0 Å². The summed E-state index contributed by atoms with van der Waals surface area (Å²) in [5.41, 5.74) is 2.08. The number of rotatable bonds is 7. The molecule has 2 aromatic rings. The van der Waals surface area contributed by atoms with E-state index in [1.54, 1.807) is 25.1 Å². The molecule has 0 atom stereocenters. The van der Waals surface area contributed by atoms with Crippen LogP contribution in [0.4, 0.5) is 0 Å². The number of ether oxygens (including phenoxy) is 4. The number of esters is 2. The molecule has 1 aliphatic rings. The summed E-state index contributed by atoms with van der Waals surface area (Å²) < 4.78 is 21.0. The third-order valence-corrected chi connectivity index (χ3v) is 4.61. The van der Waals surface area contributed by atoms with Crippen molar-refractivity contribution in [1.82, 2.24) is 0 Å². The highest BCUT2D eigenvalue weighted by Crippen LogP contribution is 2.15. The second kappa shape index (κ2) is 14.2. The lowest BCUT2D eigenvalue weighted by molar-refractivity contribution is -0.129. The van der Waals surface area contributed by atoms with Gasteiger partial charge in [0.05, 0.1) is 24.3 Å². The number of phenolic OH excluding ortho intramolecular Hbond substituents is 1. The van der Waals surface area contributed by atoms with Crippen molar-refractivity contribution >= 4 is 11.9 Å². The van der Waals surface area contributed by atoms with E-state index in [0.29, 0.717) is 24.3 Å². The quantitative estimate of drug-likeness (QED) is 0.628. The van der Waals surface area contributed by atoms with Gasteiger partial charge in [-0.15, -0.1) is 0 Å². The summed E-state index contributed by atoms with van der Waals surface area (Å²) in [5, 5.41) is 9.02. The minimum absolute atomic E-state index is 0.0700. The van der Waals surface area contributed by atoms with Gasteiger partial charge >= 0.3 is 11.9 Å². The van der Waals surface area contributed by atoms with E-state index in [2.05, 4.69) is 0 Å². The van der Waals surface area contributed by atoms with Crippen LogP contribution in [-0.2, 0) is 25.4 Å². The van der Waals surface area contributed by atoms with Crippen LogP contribution in [0.3, 0.4) is 0 Å². The lowest BCUT2D eigenvalue weighted by Crippen LogP contribution is -2.16. The van der Waals surface area contributed by atoms with E-state index in [4.69, 9.17) is 24.1 Å². The number of benzene rings is 2. The molecule has 7 heteroatoms. The van der Waals surface area contributed by atoms with E-state index in [1.165, 1.54) is 12.1 Å². The standard InChI is InChI=1S/C16H22O4.C9H10O3/c1-2-18-16(17)14-7-5-6-13(12-14)8-9-15-19-10-3-4-11-20-15;1-2-12-9(11)7-4-3-5-8(10)6-7/h5-7,12,15H,2-4,8-11H2,1H3;3-6,10H,2H2,1H3. The number of hydrogen-bond acceptors (Lipinski definition) is 7. The first-order valence-electron chi connectivity index (χ1n) is 11.0. The van der Waals surface area contributed by atoms with E-state index in [0.717, 1.165) is 44.5 Å². The highest BCUT2D eigenvalue weighted by Gasteiger charge is 2.13. The molecule has 7 nitrogen and oxygen atoms in total. The summed E-state index contributed by atoms with van der Waals surface area (Å²) in [4.78, 5) is 22.7. The average Bonchev–Trinajstić information content (AvgIpc) is 3.08. The van der Waals surface area contributed by atoms with Crippen LogP contribution < -0.4 is 0 Å². The highest BCUT2D eigenvalue weighted by atomic mass is 16.7. The Bertz CT molecular complexity index is 842. The molecule has 0 aliphatic carbocycles. The van der Waals surface area contributed by atoms with E-state index < -0.39 is 5.97 Å². The van der Waals surface area contributed by atoms with Crippen molar-refractivity contribution in [3.63, 3.8) is 0 Å². The second-order valence-electron chi connectivity index (χ2n) is 7.11. The van der Waals surface area contributed by atoms with Crippen LogP contribution in [0, 0.1) is 0 Å². The summed E-state index contributed by atoms with van der Waals surface area (Å²) in [6.07, 6.45) is 3.65. The number of carbonyl (C=O) groups is 2. The van der Waals surface area contributed by atoms with Crippen LogP contribution >= 0.6 is 0 Å². The van der Waals surface area contributed by atoms with Crippen molar-refractivity contribution in [3.8, 4) is 5.75 Å². The number of hydrogen-bond donors (Lipinski definition) is 1. The van der Waals surface area contributed by atoms with Crippen LogP contribution in [0.1, 0.15) is 59.4 Å². The van der Waals surface area contributed by atoms with Gasteiger partial charge in [0.15, 0.2) is 6.29 Å². The van der Waals surface area contributed by atoms with E-state index in [1.807, 2.05) is 25.1 Å². The van der Waals surface area contributed by atoms with Gasteiger partial charge in [0.2, 0.25) is 0 Å². The largest absolute Gasteiger partial charge is 0.508 e. The van der Waals surface area contributed by atoms with Gasteiger partial charge in [-0.05, 0) is 69.0 Å². The number of aromatic hydroxyl groups is 1. The Labute approximate surface area is 189 Å². The minimum atomic E-state index is -0.409. The zero-order valence-electron chi connectivity index (χ0n) is 18.7. The molecule has 0 spiro atoms. The molecule has 0 amide bonds. The lowest BCUT2D eigenvalue weighted by Gasteiger charge is -2.15. The van der Waals surface area contributed by atoms with Crippen molar-refractivity contribution in [2.24, 2.45) is 0 Å². The van der Waals surface area contributed by atoms with Gasteiger partial charge in [-0.2, -0.15) is 0 Å². The Morgan fingerprint density at radius 1 is 0.906 bits per heavy atom. The molecule has 32 heavy (non-hydrogen) atoms. The predicted octanol–water partition coefficient (Wildman–Crippen LogP) is 4.52. The molecule has 3 rings (SSSR count). The minimum Gasteiger partial charge on any atom is -0.508 e. The molecular weight excluding hydrogens is 412 g/mol. The van der Waals surface area contributed by atoms with Crippen molar-refractivity contribution in [2.75, 3.05) is 26.4 Å². The molecule has 1 fully saturated rings. The van der Waals surface area contributed by atoms with Gasteiger partial charge in [-0.1, -0.05) is 18.2 Å². The fraction of sp³-hybridized carbons (Fsp3) is 0.440. The lowest BCUT2D eigenvalue weighted by atomic mass is 10.1. The molecule has 1 N–H and O–H groups in total. The fourth-order valence-electron chi connectivity index (χ4n) is 3.05. The molecule has 2 aromatic carbocycles. The Kier molecular flexibility index (Phi) is 11.3. The van der Waals surface area contributed by atoms with Gasteiger partial charge in [-0.3, -0.25) is 0 Å². The van der Waals surface area contributed by atoms with Crippen molar-refractivity contribution in [2.45, 2.75) is 45.8 Å². The molecule has 0 saturated carbocycles. The normalized spacial score (nSPS) is 13.9. The van der Waals surface area contributed by atoms with E-state index in [9.17, 15) is 9.59 Å². The zero-order valence-corrected chi connectivity index (χ0v) is 18.7. The van der Waals surface area contributed by atoms with Crippen molar-refractivity contribution in [1.29, 1.82) is 0 Å². The summed E-state index contributed by atoms with van der Waals surface area (Å²) in [6.45, 7) is 5.82. The van der Waals surface area contributed by atoms with Crippen molar-refractivity contribution < 1.29 is 33.6 Å². The molecule has 0 aromatic heterocycles. The Balaban J connectivity index is 0.000000258. The first kappa shape index (κ1) is 25.4. The maximum Gasteiger partial charge on any atom is 0.338 e. The number of carbonyl (C=O) groups excluding carboxylic acids is 2. The molecule has 174 valence electrons. The highest BCUT2D eigenvalue weighted by molar-refractivity contribution is 5.90. The summed E-state index contributed by atoms with van der Waals surface area (Å²) in [6, 6.07) is 13.6. The maximum absolute atomic E-state index is 11.7. The van der Waals surface area contributed by atoms with Crippen LogP contribution in [0.15, 0.2) is 48.5 Å². The first-order chi connectivity index (χ1) is 15.5. The molecule has 0 unspecified atom stereocenters. The Morgan fingerprint density at radius 3 is 2.03 bits per heavy atom. The molecular formula is C25H32O7. The SMILES string of the molecule is CCOC(=O)c1cccc(CCC2OCCCCO2)c1.CCOC(=O)c1cccc(O)c1. The van der Waals surface area contributed by atoms with Gasteiger partial charge in [-0.25, -0.2) is 9.59 Å². The topological polar surface area (TPSA) is 91.3 Å². The van der Waals surface area contributed by atoms with Crippen molar-refractivity contribution in [3.05, 3.63) is 65.2 Å². The molecule has 1 aliphatic heterocycles. The fourth-order valence-corrected chi connectivity index (χ4v) is 3.05. The monoisotopic (exact) mass is 444 g/mol. The molecule has 0 bridgehead atoms. The number of aryl methyl sites for hydroxylation is 1.